The van der Waals surface area contributed by atoms with Crippen molar-refractivity contribution in [1.29, 1.82) is 0 Å². The van der Waals surface area contributed by atoms with Crippen molar-refractivity contribution >= 4 is 5.82 Å². The van der Waals surface area contributed by atoms with Crippen LogP contribution in [0.15, 0.2) is 49.6 Å². The first-order chi connectivity index (χ1) is 11.8. The van der Waals surface area contributed by atoms with E-state index in [1.165, 1.54) is 0 Å². The molecule has 3 aromatic heterocycles. The van der Waals surface area contributed by atoms with Gasteiger partial charge >= 0.3 is 0 Å². The summed E-state index contributed by atoms with van der Waals surface area (Å²) in [6.45, 7) is 0.869. The number of hydrogen-bond donors (Lipinski definition) is 2. The number of aliphatic hydroxyl groups excluding tert-OH is 1. The summed E-state index contributed by atoms with van der Waals surface area (Å²) in [7, 11) is 0. The maximum Gasteiger partial charge on any atom is 0.173 e. The molecule has 0 spiro atoms. The van der Waals surface area contributed by atoms with Gasteiger partial charge < -0.3 is 15.0 Å². The Morgan fingerprint density at radius 3 is 2.92 bits per heavy atom. The van der Waals surface area contributed by atoms with Gasteiger partial charge in [-0.3, -0.25) is 4.98 Å². The average Bonchev–Trinajstić information content (AvgIpc) is 3.32. The molecule has 3 atom stereocenters. The van der Waals surface area contributed by atoms with E-state index in [1.54, 1.807) is 29.5 Å². The number of nitrogens with zero attached hydrogens (tertiary/aromatic N) is 6. The van der Waals surface area contributed by atoms with E-state index >= 15 is 0 Å². The fraction of sp³-hybridized carbons (Fsp3) is 0.375. The topological polar surface area (TPSA) is 93.7 Å². The van der Waals surface area contributed by atoms with Gasteiger partial charge in [0, 0.05) is 31.3 Å². The van der Waals surface area contributed by atoms with Gasteiger partial charge in [-0.25, -0.2) is 14.6 Å². The highest BCUT2D eigenvalue weighted by Gasteiger charge is 2.33. The largest absolute Gasteiger partial charge is 0.391 e. The van der Waals surface area contributed by atoms with Gasteiger partial charge in [-0.2, -0.15) is 5.10 Å². The maximum atomic E-state index is 10.3. The quantitative estimate of drug-likeness (QED) is 0.730. The smallest absolute Gasteiger partial charge is 0.173 e. The molecule has 4 rings (SSSR count). The van der Waals surface area contributed by atoms with Crippen LogP contribution in [0.25, 0.3) is 5.82 Å². The second-order valence-corrected chi connectivity index (χ2v) is 6.13. The molecular formula is C16H19N7O. The molecule has 0 saturated heterocycles. The standard InChI is InChI=1S/C16H19N7O/c24-14-7-12(10-22-5-3-17-11-22)6-13(14)20-15-8-18-9-16(21-15)23-4-1-2-19-23/h1-5,8-9,11-14,24H,6-7,10H2,(H,20,21)/t12?,13-,14-/m1/s1. The number of imidazole rings is 1. The molecule has 24 heavy (non-hydrogen) atoms. The van der Waals surface area contributed by atoms with Crippen LogP contribution in [0.5, 0.6) is 0 Å². The molecule has 1 fully saturated rings. The molecule has 1 aliphatic rings. The molecule has 8 heteroatoms. The zero-order valence-corrected chi connectivity index (χ0v) is 13.1. The van der Waals surface area contributed by atoms with Crippen LogP contribution >= 0.6 is 0 Å². The zero-order valence-electron chi connectivity index (χ0n) is 13.1. The normalized spacial score (nSPS) is 23.5. The van der Waals surface area contributed by atoms with E-state index in [1.807, 2.05) is 24.8 Å². The van der Waals surface area contributed by atoms with Gasteiger partial charge in [0.2, 0.25) is 0 Å². The van der Waals surface area contributed by atoms with Crippen molar-refractivity contribution < 1.29 is 5.11 Å². The third kappa shape index (κ3) is 3.13. The van der Waals surface area contributed by atoms with Crippen molar-refractivity contribution in [3.63, 3.8) is 0 Å². The van der Waals surface area contributed by atoms with Crippen molar-refractivity contribution in [2.75, 3.05) is 5.32 Å². The number of aromatic nitrogens is 6. The van der Waals surface area contributed by atoms with Crippen LogP contribution < -0.4 is 5.32 Å². The highest BCUT2D eigenvalue weighted by atomic mass is 16.3. The lowest BCUT2D eigenvalue weighted by molar-refractivity contribution is 0.166. The Labute approximate surface area is 139 Å². The molecule has 3 aromatic rings. The second-order valence-electron chi connectivity index (χ2n) is 6.13. The van der Waals surface area contributed by atoms with Crippen molar-refractivity contribution in [2.45, 2.75) is 31.5 Å². The molecule has 8 nitrogen and oxygen atoms in total. The van der Waals surface area contributed by atoms with E-state index in [0.29, 0.717) is 17.6 Å². The Bertz CT molecular complexity index is 772. The third-order valence-electron chi connectivity index (χ3n) is 4.35. The van der Waals surface area contributed by atoms with Gasteiger partial charge in [-0.15, -0.1) is 0 Å². The van der Waals surface area contributed by atoms with Gasteiger partial charge in [0.25, 0.3) is 0 Å². The van der Waals surface area contributed by atoms with Crippen LogP contribution in [0, 0.1) is 5.92 Å². The van der Waals surface area contributed by atoms with Crippen LogP contribution in [0.4, 0.5) is 5.82 Å². The van der Waals surface area contributed by atoms with E-state index < -0.39 is 6.10 Å². The predicted molar refractivity (Wildman–Crippen MR) is 87.5 cm³/mol. The maximum absolute atomic E-state index is 10.3. The fourth-order valence-electron chi connectivity index (χ4n) is 3.25. The van der Waals surface area contributed by atoms with Crippen molar-refractivity contribution in [3.8, 4) is 5.82 Å². The molecule has 1 saturated carbocycles. The van der Waals surface area contributed by atoms with E-state index in [-0.39, 0.29) is 6.04 Å². The average molecular weight is 325 g/mol. The molecule has 0 aromatic carbocycles. The summed E-state index contributed by atoms with van der Waals surface area (Å²) in [5, 5.41) is 17.8. The first-order valence-corrected chi connectivity index (χ1v) is 8.00. The summed E-state index contributed by atoms with van der Waals surface area (Å²) in [4.78, 5) is 12.8. The van der Waals surface area contributed by atoms with Crippen LogP contribution in [0.1, 0.15) is 12.8 Å². The first-order valence-electron chi connectivity index (χ1n) is 8.00. The summed E-state index contributed by atoms with van der Waals surface area (Å²) < 4.78 is 3.71. The summed E-state index contributed by atoms with van der Waals surface area (Å²) in [5.41, 5.74) is 0. The Kier molecular flexibility index (Phi) is 3.96. The predicted octanol–water partition coefficient (Wildman–Crippen LogP) is 1.11. The van der Waals surface area contributed by atoms with E-state index in [9.17, 15) is 5.11 Å². The number of rotatable bonds is 5. The van der Waals surface area contributed by atoms with Gasteiger partial charge in [-0.05, 0) is 24.8 Å². The molecule has 1 unspecified atom stereocenters. The van der Waals surface area contributed by atoms with Crippen molar-refractivity contribution in [3.05, 3.63) is 49.6 Å². The van der Waals surface area contributed by atoms with E-state index in [2.05, 4.69) is 29.9 Å². The third-order valence-corrected chi connectivity index (χ3v) is 4.35. The molecule has 0 bridgehead atoms. The van der Waals surface area contributed by atoms with Crippen LogP contribution in [-0.2, 0) is 6.54 Å². The Morgan fingerprint density at radius 2 is 2.12 bits per heavy atom. The minimum Gasteiger partial charge on any atom is -0.391 e. The van der Waals surface area contributed by atoms with E-state index in [0.717, 1.165) is 19.4 Å². The molecule has 3 heterocycles. The second kappa shape index (κ2) is 6.40. The lowest BCUT2D eigenvalue weighted by atomic mass is 10.1. The number of anilines is 1. The van der Waals surface area contributed by atoms with Crippen molar-refractivity contribution in [1.82, 2.24) is 29.3 Å². The Balaban J connectivity index is 1.42. The number of nitrogens with one attached hydrogen (secondary N) is 1. The molecule has 124 valence electrons. The van der Waals surface area contributed by atoms with Gasteiger partial charge in [0.1, 0.15) is 5.82 Å². The van der Waals surface area contributed by atoms with Crippen LogP contribution in [0.2, 0.25) is 0 Å². The van der Waals surface area contributed by atoms with E-state index in [4.69, 9.17) is 0 Å². The van der Waals surface area contributed by atoms with Gasteiger partial charge in [0.15, 0.2) is 5.82 Å². The zero-order chi connectivity index (χ0) is 16.4. The van der Waals surface area contributed by atoms with Crippen molar-refractivity contribution in [2.24, 2.45) is 5.92 Å². The fourth-order valence-corrected chi connectivity index (χ4v) is 3.25. The van der Waals surface area contributed by atoms with Gasteiger partial charge in [0.05, 0.1) is 30.9 Å². The Hall–Kier alpha value is -2.74. The van der Waals surface area contributed by atoms with Crippen LogP contribution in [-0.4, -0.2) is 46.6 Å². The highest BCUT2D eigenvalue weighted by molar-refractivity contribution is 5.37. The SMILES string of the molecule is O[C@@H]1CC(Cn2ccnc2)C[C@H]1Nc1cncc(-n2cccn2)n1. The molecule has 2 N–H and O–H groups in total. The lowest BCUT2D eigenvalue weighted by Crippen LogP contribution is -2.28. The monoisotopic (exact) mass is 325 g/mol. The summed E-state index contributed by atoms with van der Waals surface area (Å²) >= 11 is 0. The highest BCUT2D eigenvalue weighted by Crippen LogP contribution is 2.29. The number of aliphatic hydroxyl groups is 1. The van der Waals surface area contributed by atoms with Gasteiger partial charge in [-0.1, -0.05) is 0 Å². The summed E-state index contributed by atoms with van der Waals surface area (Å²) in [6.07, 6.45) is 13.6. The summed E-state index contributed by atoms with van der Waals surface area (Å²) in [5.74, 6) is 1.71. The lowest BCUT2D eigenvalue weighted by Gasteiger charge is -2.17. The first kappa shape index (κ1) is 14.8. The molecule has 0 amide bonds. The molecule has 0 radical (unpaired) electrons. The minimum absolute atomic E-state index is 0.0271. The molecule has 1 aliphatic carbocycles. The summed E-state index contributed by atoms with van der Waals surface area (Å²) in [6, 6.07) is 1.81. The molecule has 0 aliphatic heterocycles. The Morgan fingerprint density at radius 1 is 1.17 bits per heavy atom. The molecular weight excluding hydrogens is 306 g/mol. The minimum atomic E-state index is -0.395. The number of hydrogen-bond acceptors (Lipinski definition) is 6. The van der Waals surface area contributed by atoms with Crippen LogP contribution in [0.3, 0.4) is 0 Å².